The number of hydrogen-bond acceptors (Lipinski definition) is 4. The van der Waals surface area contributed by atoms with Gasteiger partial charge in [-0.25, -0.2) is 14.4 Å². The van der Waals surface area contributed by atoms with Gasteiger partial charge in [0.15, 0.2) is 0 Å². The van der Waals surface area contributed by atoms with Gasteiger partial charge in [0.25, 0.3) is 0 Å². The van der Waals surface area contributed by atoms with Crippen molar-refractivity contribution in [1.82, 2.24) is 9.97 Å². The first-order valence-corrected chi connectivity index (χ1v) is 5.90. The van der Waals surface area contributed by atoms with E-state index in [2.05, 4.69) is 9.97 Å². The smallest absolute Gasteiger partial charge is 0.130 e. The lowest BCUT2D eigenvalue weighted by molar-refractivity contribution is 0.191. The van der Waals surface area contributed by atoms with Gasteiger partial charge in [-0.15, -0.1) is 0 Å². The second kappa shape index (κ2) is 5.25. The molecular formula is C12H11FN2OS. The van der Waals surface area contributed by atoms with Crippen LogP contribution in [0.15, 0.2) is 46.7 Å². The molecule has 0 fully saturated rings. The third-order valence-electron chi connectivity index (χ3n) is 2.20. The number of halogens is 1. The van der Waals surface area contributed by atoms with E-state index in [0.29, 0.717) is 15.5 Å². The Labute approximate surface area is 103 Å². The zero-order chi connectivity index (χ0) is 12.3. The molecule has 0 bridgehead atoms. The predicted octanol–water partition coefficient (Wildman–Crippen LogP) is 2.82. The van der Waals surface area contributed by atoms with E-state index in [9.17, 15) is 9.50 Å². The summed E-state index contributed by atoms with van der Waals surface area (Å²) >= 11 is 1.31. The molecule has 5 heteroatoms. The molecule has 0 saturated heterocycles. The molecule has 1 unspecified atom stereocenters. The Balaban J connectivity index is 2.36. The molecule has 1 atom stereocenters. The predicted molar refractivity (Wildman–Crippen MR) is 63.2 cm³/mol. The Bertz CT molecular complexity index is 505. The number of aliphatic hydroxyl groups excluding tert-OH is 1. The van der Waals surface area contributed by atoms with Crippen molar-refractivity contribution in [3.8, 4) is 0 Å². The summed E-state index contributed by atoms with van der Waals surface area (Å²) in [6.07, 6.45) is 2.21. The first-order chi connectivity index (χ1) is 8.18. The van der Waals surface area contributed by atoms with Gasteiger partial charge < -0.3 is 5.11 Å². The minimum absolute atomic E-state index is 0.302. The summed E-state index contributed by atoms with van der Waals surface area (Å²) in [6, 6.07) is 6.45. The van der Waals surface area contributed by atoms with E-state index >= 15 is 0 Å². The Hall–Kier alpha value is -1.46. The molecular weight excluding hydrogens is 239 g/mol. The van der Waals surface area contributed by atoms with Crippen LogP contribution in [0.2, 0.25) is 0 Å². The maximum atomic E-state index is 13.6. The number of aromatic nitrogens is 2. The number of benzene rings is 1. The third kappa shape index (κ3) is 2.81. The highest BCUT2D eigenvalue weighted by Gasteiger charge is 2.14. The zero-order valence-corrected chi connectivity index (χ0v) is 9.99. The summed E-state index contributed by atoms with van der Waals surface area (Å²) in [5.41, 5.74) is 0.302. The van der Waals surface area contributed by atoms with Crippen LogP contribution in [0, 0.1) is 5.82 Å². The van der Waals surface area contributed by atoms with Crippen molar-refractivity contribution in [3.63, 3.8) is 0 Å². The summed E-state index contributed by atoms with van der Waals surface area (Å²) in [4.78, 5) is 8.53. The maximum Gasteiger partial charge on any atom is 0.130 e. The first-order valence-electron chi connectivity index (χ1n) is 5.09. The van der Waals surface area contributed by atoms with Gasteiger partial charge in [-0.3, -0.25) is 0 Å². The largest absolute Gasteiger partial charge is 0.389 e. The van der Waals surface area contributed by atoms with Crippen molar-refractivity contribution in [1.29, 1.82) is 0 Å². The molecule has 2 rings (SSSR count). The number of aliphatic hydroxyl groups is 1. The Morgan fingerprint density at radius 3 is 2.82 bits per heavy atom. The lowest BCUT2D eigenvalue weighted by atomic mass is 10.1. The van der Waals surface area contributed by atoms with E-state index in [4.69, 9.17) is 0 Å². The van der Waals surface area contributed by atoms with Gasteiger partial charge in [0.05, 0.1) is 6.10 Å². The molecule has 1 aromatic carbocycles. The normalized spacial score (nSPS) is 12.4. The molecule has 3 nitrogen and oxygen atoms in total. The van der Waals surface area contributed by atoms with Crippen LogP contribution >= 0.6 is 11.8 Å². The molecule has 0 aliphatic heterocycles. The maximum absolute atomic E-state index is 13.6. The summed E-state index contributed by atoms with van der Waals surface area (Å²) in [5, 5.41) is 10.3. The lowest BCUT2D eigenvalue weighted by Crippen LogP contribution is -1.98. The molecule has 0 aliphatic rings. The molecule has 0 aliphatic carbocycles. The average Bonchev–Trinajstić information content (AvgIpc) is 2.30. The van der Waals surface area contributed by atoms with Crippen LogP contribution in [0.1, 0.15) is 18.6 Å². The van der Waals surface area contributed by atoms with E-state index in [1.54, 1.807) is 31.3 Å². The number of nitrogens with zero attached hydrogens (tertiary/aromatic N) is 2. The highest BCUT2D eigenvalue weighted by atomic mass is 32.2. The summed E-state index contributed by atoms with van der Waals surface area (Å²) in [7, 11) is 0. The highest BCUT2D eigenvalue weighted by Crippen LogP contribution is 2.33. The Kier molecular flexibility index (Phi) is 3.71. The molecule has 88 valence electrons. The number of hydrogen-bond donors (Lipinski definition) is 1. The summed E-state index contributed by atoms with van der Waals surface area (Å²) < 4.78 is 13.6. The van der Waals surface area contributed by atoms with Crippen LogP contribution in [0.4, 0.5) is 4.39 Å². The molecule has 0 saturated carbocycles. The first kappa shape index (κ1) is 12.0. The van der Waals surface area contributed by atoms with E-state index in [1.165, 1.54) is 24.2 Å². The zero-order valence-electron chi connectivity index (χ0n) is 9.17. The van der Waals surface area contributed by atoms with E-state index in [-0.39, 0.29) is 0 Å². The average molecular weight is 250 g/mol. The van der Waals surface area contributed by atoms with Gasteiger partial charge in [-0.2, -0.15) is 0 Å². The molecule has 1 N–H and O–H groups in total. The van der Waals surface area contributed by atoms with Gasteiger partial charge in [-0.1, -0.05) is 17.8 Å². The van der Waals surface area contributed by atoms with E-state index in [0.717, 1.165) is 0 Å². The Morgan fingerprint density at radius 2 is 2.18 bits per heavy atom. The Morgan fingerprint density at radius 1 is 1.35 bits per heavy atom. The summed E-state index contributed by atoms with van der Waals surface area (Å²) in [6.45, 7) is 1.54. The fraction of sp³-hybridized carbons (Fsp3) is 0.167. The molecule has 2 aromatic rings. The fourth-order valence-electron chi connectivity index (χ4n) is 1.46. The van der Waals surface area contributed by atoms with Crippen molar-refractivity contribution < 1.29 is 9.50 Å². The van der Waals surface area contributed by atoms with Crippen molar-refractivity contribution in [2.75, 3.05) is 0 Å². The molecule has 17 heavy (non-hydrogen) atoms. The van der Waals surface area contributed by atoms with Crippen LogP contribution in [-0.4, -0.2) is 15.1 Å². The van der Waals surface area contributed by atoms with E-state index in [1.807, 2.05) is 0 Å². The van der Waals surface area contributed by atoms with Crippen LogP contribution in [-0.2, 0) is 0 Å². The topological polar surface area (TPSA) is 46.0 Å². The number of rotatable bonds is 3. The molecule has 0 radical (unpaired) electrons. The van der Waals surface area contributed by atoms with Crippen molar-refractivity contribution in [3.05, 3.63) is 48.2 Å². The second-order valence-corrected chi connectivity index (χ2v) is 4.54. The highest BCUT2D eigenvalue weighted by molar-refractivity contribution is 7.99. The molecule has 0 spiro atoms. The van der Waals surface area contributed by atoms with Crippen LogP contribution < -0.4 is 0 Å². The minimum atomic E-state index is -0.847. The standard InChI is InChI=1S/C12H11FN2OS/c1-8(16)12-9(13)3-2-4-10(12)17-11-5-6-14-7-15-11/h2-8,16H,1H3. The van der Waals surface area contributed by atoms with Crippen molar-refractivity contribution >= 4 is 11.8 Å². The van der Waals surface area contributed by atoms with Gasteiger partial charge in [-0.05, 0) is 25.1 Å². The minimum Gasteiger partial charge on any atom is -0.389 e. The van der Waals surface area contributed by atoms with Crippen molar-refractivity contribution in [2.45, 2.75) is 22.9 Å². The second-order valence-electron chi connectivity index (χ2n) is 3.48. The van der Waals surface area contributed by atoms with Crippen LogP contribution in [0.5, 0.6) is 0 Å². The monoisotopic (exact) mass is 250 g/mol. The molecule has 0 amide bonds. The lowest BCUT2D eigenvalue weighted by Gasteiger charge is -2.11. The van der Waals surface area contributed by atoms with Crippen LogP contribution in [0.3, 0.4) is 0 Å². The van der Waals surface area contributed by atoms with Gasteiger partial charge >= 0.3 is 0 Å². The van der Waals surface area contributed by atoms with Gasteiger partial charge in [0, 0.05) is 16.7 Å². The van der Waals surface area contributed by atoms with Crippen LogP contribution in [0.25, 0.3) is 0 Å². The van der Waals surface area contributed by atoms with Crippen molar-refractivity contribution in [2.24, 2.45) is 0 Å². The van der Waals surface area contributed by atoms with E-state index < -0.39 is 11.9 Å². The summed E-state index contributed by atoms with van der Waals surface area (Å²) in [5.74, 6) is -0.404. The molecule has 1 heterocycles. The third-order valence-corrected chi connectivity index (χ3v) is 3.23. The fourth-order valence-corrected chi connectivity index (χ4v) is 2.44. The SMILES string of the molecule is CC(O)c1c(F)cccc1Sc1ccncn1. The molecule has 1 aromatic heterocycles. The van der Waals surface area contributed by atoms with Gasteiger partial charge in [0.1, 0.15) is 17.2 Å². The van der Waals surface area contributed by atoms with Gasteiger partial charge in [0.2, 0.25) is 0 Å². The quantitative estimate of drug-likeness (QED) is 0.851.